The maximum absolute atomic E-state index is 6.47. The quantitative estimate of drug-likeness (QED) is 0.101. The summed E-state index contributed by atoms with van der Waals surface area (Å²) in [5, 5.41) is 2.52. The van der Waals surface area contributed by atoms with Crippen LogP contribution >= 0.6 is 34.3 Å². The van der Waals surface area contributed by atoms with E-state index in [0.717, 1.165) is 98.5 Å². The highest BCUT2D eigenvalue weighted by atomic mass is 35.5. The normalized spacial score (nSPS) is 12.9. The largest absolute Gasteiger partial charge is 0.339 e. The zero-order chi connectivity index (χ0) is 81.1. The van der Waals surface area contributed by atoms with Gasteiger partial charge in [-0.05, 0) is 235 Å². The van der Waals surface area contributed by atoms with Crippen molar-refractivity contribution in [2.24, 2.45) is 0 Å². The molecule has 0 saturated carbocycles. The summed E-state index contributed by atoms with van der Waals surface area (Å²) < 4.78 is 16.8. The van der Waals surface area contributed by atoms with E-state index in [4.69, 9.17) is 36.0 Å². The third-order valence-electron chi connectivity index (χ3n) is 22.8. The maximum atomic E-state index is 6.47. The third kappa shape index (κ3) is 16.1. The van der Waals surface area contributed by atoms with Gasteiger partial charge in [-0.1, -0.05) is 328 Å². The molecule has 0 amide bonds. The minimum atomic E-state index is -0.307. The Morgan fingerprint density at radius 3 is 0.867 bits per heavy atom. The molecular formula is C111H81ClN4O2S2. The summed E-state index contributed by atoms with van der Waals surface area (Å²) in [7, 11) is 0. The SMILES string of the molecule is CC1(C)OC(c2cccc(-c3ccccc3)c2)OC1(C)C.Clc1nc(-c2cccc(-c3cccc(-c4cc(-c5ccccc5)cc(-c5ccccc5)c4)c3)c2)c2sc3ccccc3c2n1.c1ccc(-c2cc(-c3ccccc3)cc(-c3cccc(-c4cccc(-c5nc(-c6cccc(-c7ccccc7)c6)nc6c5sc5ccccc56)c4)c3)c2)cc1. The Balaban J connectivity index is 0.000000130. The zero-order valence-corrected chi connectivity index (χ0v) is 69.0. The van der Waals surface area contributed by atoms with Crippen LogP contribution in [0.1, 0.15) is 39.5 Å². The van der Waals surface area contributed by atoms with Gasteiger partial charge in [0.25, 0.3) is 0 Å². The molecule has 0 N–H and O–H groups in total. The van der Waals surface area contributed by atoms with Gasteiger partial charge in [-0.3, -0.25) is 0 Å². The highest BCUT2D eigenvalue weighted by Crippen LogP contribution is 2.47. The molecule has 120 heavy (non-hydrogen) atoms. The first-order chi connectivity index (χ1) is 58.8. The van der Waals surface area contributed by atoms with Gasteiger partial charge < -0.3 is 9.47 Å². The van der Waals surface area contributed by atoms with Gasteiger partial charge in [-0.2, -0.15) is 0 Å². The monoisotopic (exact) mass is 1600 g/mol. The van der Waals surface area contributed by atoms with Gasteiger partial charge in [-0.25, -0.2) is 19.9 Å². The summed E-state index contributed by atoms with van der Waals surface area (Å²) in [6.07, 6.45) is -0.307. The van der Waals surface area contributed by atoms with E-state index in [-0.39, 0.29) is 22.8 Å². The van der Waals surface area contributed by atoms with Crippen LogP contribution in [-0.4, -0.2) is 31.1 Å². The fourth-order valence-electron chi connectivity index (χ4n) is 15.8. The topological polar surface area (TPSA) is 70.0 Å². The Kier molecular flexibility index (Phi) is 21.2. The fourth-order valence-corrected chi connectivity index (χ4v) is 18.3. The van der Waals surface area contributed by atoms with E-state index in [1.54, 1.807) is 22.7 Å². The van der Waals surface area contributed by atoms with Gasteiger partial charge in [0.05, 0.1) is 43.0 Å². The molecule has 1 fully saturated rings. The van der Waals surface area contributed by atoms with Crippen LogP contribution in [0, 0.1) is 0 Å². The maximum Gasteiger partial charge on any atom is 0.223 e. The predicted octanol–water partition coefficient (Wildman–Crippen LogP) is 31.3. The predicted molar refractivity (Wildman–Crippen MR) is 505 cm³/mol. The van der Waals surface area contributed by atoms with Crippen LogP contribution in [0.5, 0.6) is 0 Å². The van der Waals surface area contributed by atoms with Crippen molar-refractivity contribution in [1.82, 2.24) is 19.9 Å². The molecule has 576 valence electrons. The number of halogens is 1. The number of nitrogens with zero attached hydrogens (tertiary/aromatic N) is 4. The zero-order valence-electron chi connectivity index (χ0n) is 66.6. The van der Waals surface area contributed by atoms with Crippen molar-refractivity contribution in [2.45, 2.75) is 45.2 Å². The lowest BCUT2D eigenvalue weighted by Gasteiger charge is -2.30. The molecule has 4 aromatic heterocycles. The molecule has 0 bridgehead atoms. The molecule has 20 aromatic rings. The average Bonchev–Trinajstić information content (AvgIpc) is 1.57. The number of thiophene rings is 2. The number of fused-ring (bicyclic) bond motifs is 6. The van der Waals surface area contributed by atoms with Crippen LogP contribution in [0.25, 0.3) is 186 Å². The van der Waals surface area contributed by atoms with E-state index in [1.165, 1.54) is 92.9 Å². The molecule has 21 rings (SSSR count). The van der Waals surface area contributed by atoms with Crippen molar-refractivity contribution in [1.29, 1.82) is 0 Å². The third-order valence-corrected chi connectivity index (χ3v) is 25.3. The van der Waals surface area contributed by atoms with Crippen LogP contribution in [0.2, 0.25) is 5.28 Å². The molecule has 5 heterocycles. The van der Waals surface area contributed by atoms with Crippen molar-refractivity contribution in [2.75, 3.05) is 0 Å². The van der Waals surface area contributed by atoms with Crippen LogP contribution in [0.4, 0.5) is 0 Å². The van der Waals surface area contributed by atoms with Crippen LogP contribution in [0.3, 0.4) is 0 Å². The lowest BCUT2D eigenvalue weighted by Crippen LogP contribution is -2.41. The summed E-state index contributed by atoms with van der Waals surface area (Å²) in [6.45, 7) is 8.31. The summed E-state index contributed by atoms with van der Waals surface area (Å²) in [5.74, 6) is 0.726. The summed E-state index contributed by atoms with van der Waals surface area (Å²) in [5.41, 5.74) is 30.8. The van der Waals surface area contributed by atoms with Crippen molar-refractivity contribution in [3.63, 3.8) is 0 Å². The first-order valence-corrected chi connectivity index (χ1v) is 42.5. The summed E-state index contributed by atoms with van der Waals surface area (Å²) >= 11 is 9.94. The smallest absolute Gasteiger partial charge is 0.223 e. The summed E-state index contributed by atoms with van der Waals surface area (Å²) in [4.78, 5) is 19.9. The van der Waals surface area contributed by atoms with Crippen LogP contribution < -0.4 is 0 Å². The van der Waals surface area contributed by atoms with Crippen molar-refractivity contribution in [3.05, 3.63) is 423 Å². The van der Waals surface area contributed by atoms with Crippen molar-refractivity contribution in [3.8, 4) is 145 Å². The van der Waals surface area contributed by atoms with Gasteiger partial charge >= 0.3 is 0 Å². The fraction of sp³-hybridized carbons (Fsp3) is 0.0631. The van der Waals surface area contributed by atoms with Gasteiger partial charge in [0.2, 0.25) is 5.28 Å². The highest BCUT2D eigenvalue weighted by Gasteiger charge is 2.49. The first-order valence-electron chi connectivity index (χ1n) is 40.5. The molecule has 0 radical (unpaired) electrons. The van der Waals surface area contributed by atoms with E-state index in [9.17, 15) is 0 Å². The van der Waals surface area contributed by atoms with Crippen molar-refractivity contribution >= 4 is 74.9 Å². The number of ether oxygens (including phenoxy) is 2. The Hall–Kier alpha value is -13.7. The standard InChI is InChI=1S/C52H34N2S.C40H25ClN2S.C19H22O2/c1-4-15-35(16-5-1)38-21-14-26-43(31-38)52-53-49(51-50(54-52)47-27-10-11-28-48(47)55-51)42-25-13-23-40(30-42)39-22-12-24-41(29-39)46-33-44(36-17-6-2-7-18-36)32-45(34-46)37-19-8-3-9-20-37;41-40-42-37(39-38(43-40)35-19-7-8-20-36(35)44-39)31-18-10-16-29(22-31)28-15-9-17-30(21-28)34-24-32(26-11-3-1-4-12-26)23-33(25-34)27-13-5-2-6-14-27;1-18(2)19(3,4)21-17(20-18)16-12-8-11-15(13-16)14-9-6-5-7-10-14/h1-34H;1-25H;5-13,17H,1-4H3. The van der Waals surface area contributed by atoms with E-state index >= 15 is 0 Å². The molecule has 6 nitrogen and oxygen atoms in total. The minimum absolute atomic E-state index is 0.260. The van der Waals surface area contributed by atoms with Gasteiger partial charge in [-0.15, -0.1) is 22.7 Å². The Bertz CT molecular complexity index is 6980. The average molecular weight is 1600 g/mol. The van der Waals surface area contributed by atoms with E-state index < -0.39 is 0 Å². The molecule has 0 unspecified atom stereocenters. The lowest BCUT2D eigenvalue weighted by atomic mass is 9.90. The van der Waals surface area contributed by atoms with E-state index in [1.807, 2.05) is 18.2 Å². The first kappa shape index (κ1) is 76.3. The molecule has 1 aliphatic heterocycles. The van der Waals surface area contributed by atoms with E-state index in [0.29, 0.717) is 0 Å². The molecular weight excluding hydrogens is 1520 g/mol. The molecule has 1 saturated heterocycles. The van der Waals surface area contributed by atoms with Gasteiger partial charge in [0.15, 0.2) is 12.1 Å². The van der Waals surface area contributed by atoms with Crippen molar-refractivity contribution < 1.29 is 9.47 Å². The van der Waals surface area contributed by atoms with Crippen LogP contribution in [0.15, 0.2) is 413 Å². The Morgan fingerprint density at radius 2 is 0.483 bits per heavy atom. The second-order valence-electron chi connectivity index (χ2n) is 31.2. The van der Waals surface area contributed by atoms with Gasteiger partial charge in [0.1, 0.15) is 0 Å². The lowest BCUT2D eigenvalue weighted by molar-refractivity contribution is -0.0895. The number of rotatable bonds is 14. The highest BCUT2D eigenvalue weighted by molar-refractivity contribution is 7.26. The summed E-state index contributed by atoms with van der Waals surface area (Å²) in [6, 6.07) is 146. The molecule has 1 aliphatic rings. The van der Waals surface area contributed by atoms with Gasteiger partial charge in [0, 0.05) is 42.4 Å². The Morgan fingerprint density at radius 1 is 0.233 bits per heavy atom. The second-order valence-corrected chi connectivity index (χ2v) is 33.6. The van der Waals surface area contributed by atoms with E-state index in [2.05, 4.69) is 427 Å². The second kappa shape index (κ2) is 33.4. The molecule has 0 aliphatic carbocycles. The number of benzene rings is 16. The minimum Gasteiger partial charge on any atom is -0.339 e. The number of aromatic nitrogens is 4. The molecule has 16 aromatic carbocycles. The Labute approximate surface area is 712 Å². The van der Waals surface area contributed by atoms with Crippen LogP contribution in [-0.2, 0) is 9.47 Å². The molecule has 0 atom stereocenters. The molecule has 0 spiro atoms. The molecule has 9 heteroatoms. The number of hydrogen-bond donors (Lipinski definition) is 0. The number of hydrogen-bond acceptors (Lipinski definition) is 8.